The molecule has 0 bridgehead atoms. The first-order valence-electron chi connectivity index (χ1n) is 10.2. The average Bonchev–Trinajstić information content (AvgIpc) is 3.24. The van der Waals surface area contributed by atoms with E-state index in [2.05, 4.69) is 35.6 Å². The lowest BCUT2D eigenvalue weighted by Gasteiger charge is -2.24. The molecule has 1 heterocycles. The lowest BCUT2D eigenvalue weighted by molar-refractivity contribution is -0.677. The van der Waals surface area contributed by atoms with Gasteiger partial charge >= 0.3 is 0 Å². The zero-order valence-electron chi connectivity index (χ0n) is 17.2. The van der Waals surface area contributed by atoms with Crippen LogP contribution in [-0.4, -0.2) is 29.4 Å². The van der Waals surface area contributed by atoms with Gasteiger partial charge in [0.05, 0.1) is 16.3 Å². The van der Waals surface area contributed by atoms with Crippen molar-refractivity contribution in [3.63, 3.8) is 0 Å². The Labute approximate surface area is 181 Å². The van der Waals surface area contributed by atoms with Gasteiger partial charge in [0.15, 0.2) is 6.54 Å². The highest BCUT2D eigenvalue weighted by atomic mass is 32.1. The Bertz CT molecular complexity index is 1040. The predicted octanol–water partition coefficient (Wildman–Crippen LogP) is 4.17. The highest BCUT2D eigenvalue weighted by Crippen LogP contribution is 2.28. The summed E-state index contributed by atoms with van der Waals surface area (Å²) in [5.41, 5.74) is 3.38. The fourth-order valence-corrected chi connectivity index (χ4v) is 4.66. The lowest BCUT2D eigenvalue weighted by Crippen LogP contribution is -2.87. The predicted molar refractivity (Wildman–Crippen MR) is 122 cm³/mol. The number of carbonyl (C=O) groups is 1. The van der Waals surface area contributed by atoms with Crippen LogP contribution < -0.4 is 5.32 Å². The van der Waals surface area contributed by atoms with Gasteiger partial charge in [-0.05, 0) is 19.1 Å². The van der Waals surface area contributed by atoms with Crippen LogP contribution in [0.15, 0.2) is 84.9 Å². The second kappa shape index (κ2) is 9.20. The fourth-order valence-electron chi connectivity index (χ4n) is 3.60. The number of rotatable bonds is 7. The first kappa shape index (κ1) is 20.3. The molecule has 0 fully saturated rings. The summed E-state index contributed by atoms with van der Waals surface area (Å²) >= 11 is 1.65. The second-order valence-corrected chi connectivity index (χ2v) is 8.50. The number of likely N-dealkylation sites (N-methyl/N-ethyl adjacent to an activating group) is 1. The maximum Gasteiger partial charge on any atom is 0.278 e. The first-order chi connectivity index (χ1) is 14.6. The third-order valence-corrected chi connectivity index (χ3v) is 6.69. The minimum atomic E-state index is -0.0600. The molecule has 0 radical (unpaired) electrons. The summed E-state index contributed by atoms with van der Waals surface area (Å²) < 4.78 is 1.15. The van der Waals surface area contributed by atoms with E-state index in [1.807, 2.05) is 68.6 Å². The third-order valence-electron chi connectivity index (χ3n) is 5.49. The van der Waals surface area contributed by atoms with Crippen molar-refractivity contribution in [2.45, 2.75) is 19.0 Å². The zero-order chi connectivity index (χ0) is 20.9. The normalized spacial score (nSPS) is 12.2. The summed E-state index contributed by atoms with van der Waals surface area (Å²) in [5.74, 6) is 0.0959. The Kier molecular flexibility index (Phi) is 6.21. The quantitative estimate of drug-likeness (QED) is 0.492. The van der Waals surface area contributed by atoms with Gasteiger partial charge in [-0.1, -0.05) is 72.8 Å². The average molecular weight is 417 g/mol. The van der Waals surface area contributed by atoms with Gasteiger partial charge in [-0.25, -0.2) is 4.98 Å². The number of hydrogen-bond acceptors (Lipinski definition) is 3. The Morgan fingerprint density at radius 1 is 0.933 bits per heavy atom. The number of benzene rings is 3. The van der Waals surface area contributed by atoms with Crippen molar-refractivity contribution >= 4 is 27.5 Å². The molecular weight excluding hydrogens is 390 g/mol. The zero-order valence-corrected chi connectivity index (χ0v) is 18.0. The van der Waals surface area contributed by atoms with Crippen molar-refractivity contribution in [3.8, 4) is 0 Å². The number of amides is 1. The molecule has 3 aromatic carbocycles. The third kappa shape index (κ3) is 4.42. The van der Waals surface area contributed by atoms with Gasteiger partial charge in [-0.15, -0.1) is 11.3 Å². The van der Waals surface area contributed by atoms with Crippen molar-refractivity contribution in [1.82, 2.24) is 9.88 Å². The topological polar surface area (TPSA) is 49.8 Å². The van der Waals surface area contributed by atoms with E-state index < -0.39 is 0 Å². The molecule has 0 aliphatic rings. The van der Waals surface area contributed by atoms with E-state index in [1.165, 1.54) is 11.1 Å². The van der Waals surface area contributed by atoms with Gasteiger partial charge < -0.3 is 10.2 Å². The second-order valence-electron chi connectivity index (χ2n) is 7.44. The molecule has 0 spiro atoms. The molecule has 1 aromatic heterocycles. The van der Waals surface area contributed by atoms with Crippen molar-refractivity contribution in [3.05, 3.63) is 101 Å². The fraction of sp³-hybridized carbons (Fsp3) is 0.200. The smallest absolute Gasteiger partial charge is 0.278 e. The van der Waals surface area contributed by atoms with Crippen LogP contribution in [0.25, 0.3) is 10.2 Å². The summed E-state index contributed by atoms with van der Waals surface area (Å²) in [5, 5.41) is 3.09. The van der Waals surface area contributed by atoms with Crippen LogP contribution >= 0.6 is 11.3 Å². The Morgan fingerprint density at radius 3 is 2.10 bits per heavy atom. The molecule has 4 aromatic rings. The van der Waals surface area contributed by atoms with Gasteiger partial charge in [0.25, 0.3) is 5.91 Å². The van der Waals surface area contributed by atoms with E-state index in [0.29, 0.717) is 6.54 Å². The number of quaternary nitrogens is 1. The van der Waals surface area contributed by atoms with Crippen LogP contribution in [0, 0.1) is 0 Å². The Morgan fingerprint density at radius 2 is 1.50 bits per heavy atom. The summed E-state index contributed by atoms with van der Waals surface area (Å²) in [6, 6.07) is 28.8. The molecule has 0 saturated carbocycles. The molecule has 0 aliphatic heterocycles. The summed E-state index contributed by atoms with van der Waals surface area (Å²) in [6.07, 6.45) is 0. The first-order valence-corrected chi connectivity index (χ1v) is 11.0. The molecule has 2 N–H and O–H groups in total. The molecule has 4 nitrogen and oxygen atoms in total. The van der Waals surface area contributed by atoms with Gasteiger partial charge in [0.2, 0.25) is 0 Å². The van der Waals surface area contributed by atoms with Crippen molar-refractivity contribution < 1.29 is 10.1 Å². The number of thiazole rings is 1. The van der Waals surface area contributed by atoms with Crippen LogP contribution in [0.2, 0.25) is 0 Å². The Balaban J connectivity index is 1.47. The molecule has 0 saturated heterocycles. The largest absolute Gasteiger partial charge is 0.332 e. The van der Waals surface area contributed by atoms with Crippen LogP contribution in [0.1, 0.15) is 35.1 Å². The minimum absolute atomic E-state index is 0.0600. The number of para-hydroxylation sites is 1. The number of fused-ring (bicyclic) bond motifs is 1. The number of nitrogens with zero attached hydrogens (tertiary/aromatic N) is 2. The maximum absolute atomic E-state index is 13.0. The van der Waals surface area contributed by atoms with Gasteiger partial charge in [-0.2, -0.15) is 0 Å². The number of hydrogen-bond donors (Lipinski definition) is 1. The van der Waals surface area contributed by atoms with Gasteiger partial charge in [0, 0.05) is 18.2 Å². The molecule has 1 atom stereocenters. The van der Waals surface area contributed by atoms with E-state index in [4.69, 9.17) is 4.98 Å². The SMILES string of the molecule is C[C@@H](c1nc2ccccc2s1)N(C)C(=O)C[NH2+]C(c1ccccc1)c1ccccc1. The summed E-state index contributed by atoms with van der Waals surface area (Å²) in [6.45, 7) is 2.42. The number of nitrogens with two attached hydrogens (primary N) is 1. The van der Waals surface area contributed by atoms with Gasteiger partial charge in [0.1, 0.15) is 11.0 Å². The van der Waals surface area contributed by atoms with Crippen molar-refractivity contribution in [2.75, 3.05) is 13.6 Å². The minimum Gasteiger partial charge on any atom is -0.332 e. The molecule has 0 unspecified atom stereocenters. The summed E-state index contributed by atoms with van der Waals surface area (Å²) in [4.78, 5) is 19.5. The highest BCUT2D eigenvalue weighted by molar-refractivity contribution is 7.18. The van der Waals surface area contributed by atoms with E-state index in [1.54, 1.807) is 16.2 Å². The summed E-state index contributed by atoms with van der Waals surface area (Å²) in [7, 11) is 1.87. The van der Waals surface area contributed by atoms with E-state index >= 15 is 0 Å². The van der Waals surface area contributed by atoms with Crippen molar-refractivity contribution in [2.24, 2.45) is 0 Å². The monoisotopic (exact) mass is 416 g/mol. The lowest BCUT2D eigenvalue weighted by atomic mass is 9.99. The van der Waals surface area contributed by atoms with Gasteiger partial charge in [-0.3, -0.25) is 4.79 Å². The van der Waals surface area contributed by atoms with Crippen molar-refractivity contribution in [1.29, 1.82) is 0 Å². The Hall–Kier alpha value is -3.02. The molecule has 1 amide bonds. The van der Waals surface area contributed by atoms with Crippen LogP contribution in [0.3, 0.4) is 0 Å². The maximum atomic E-state index is 13.0. The van der Waals surface area contributed by atoms with Crippen LogP contribution in [0.5, 0.6) is 0 Å². The molecule has 152 valence electrons. The molecule has 0 aliphatic carbocycles. The standard InChI is InChI=1S/C25H25N3OS/c1-18(25-27-21-15-9-10-16-22(21)30-25)28(2)23(29)17-26-24(19-11-5-3-6-12-19)20-13-7-4-8-14-20/h3-16,18,24,26H,17H2,1-2H3/p+1/t18-/m0/s1. The molecule has 5 heteroatoms. The molecular formula is C25H26N3OS+. The number of carbonyl (C=O) groups excluding carboxylic acids is 1. The van der Waals surface area contributed by atoms with E-state index in [0.717, 1.165) is 15.2 Å². The molecule has 30 heavy (non-hydrogen) atoms. The molecule has 4 rings (SSSR count). The van der Waals surface area contributed by atoms with E-state index in [-0.39, 0.29) is 18.0 Å². The van der Waals surface area contributed by atoms with E-state index in [9.17, 15) is 4.79 Å². The highest BCUT2D eigenvalue weighted by Gasteiger charge is 2.24. The number of aromatic nitrogens is 1. The van der Waals surface area contributed by atoms with Crippen LogP contribution in [0.4, 0.5) is 0 Å². The van der Waals surface area contributed by atoms with Crippen LogP contribution in [-0.2, 0) is 4.79 Å².